The molecular formula is C23H22N2O2. The van der Waals surface area contributed by atoms with Crippen LogP contribution in [0.15, 0.2) is 72.8 Å². The highest BCUT2D eigenvalue weighted by Gasteiger charge is 2.37. The number of carbonyl (C=O) groups excluding carboxylic acids is 2. The lowest BCUT2D eigenvalue weighted by molar-refractivity contribution is -0.129. The van der Waals surface area contributed by atoms with Gasteiger partial charge in [0.1, 0.15) is 0 Å². The van der Waals surface area contributed by atoms with Crippen LogP contribution in [0.25, 0.3) is 10.8 Å². The molecule has 3 aromatic rings. The van der Waals surface area contributed by atoms with Crippen LogP contribution in [0.4, 0.5) is 5.69 Å². The summed E-state index contributed by atoms with van der Waals surface area (Å²) in [4.78, 5) is 27.1. The van der Waals surface area contributed by atoms with E-state index in [0.29, 0.717) is 6.54 Å². The van der Waals surface area contributed by atoms with Crippen LogP contribution in [0.2, 0.25) is 0 Å². The van der Waals surface area contributed by atoms with Crippen molar-refractivity contribution in [2.24, 2.45) is 5.92 Å². The largest absolute Gasteiger partial charge is 0.335 e. The third kappa shape index (κ3) is 3.43. The van der Waals surface area contributed by atoms with Crippen LogP contribution >= 0.6 is 0 Å². The van der Waals surface area contributed by atoms with E-state index in [1.807, 2.05) is 84.6 Å². The fourth-order valence-electron chi connectivity index (χ4n) is 3.76. The topological polar surface area (TPSA) is 49.4 Å². The second-order valence-corrected chi connectivity index (χ2v) is 7.05. The molecule has 1 fully saturated rings. The Kier molecular flexibility index (Phi) is 4.63. The molecule has 2 atom stereocenters. The molecule has 0 saturated carbocycles. The van der Waals surface area contributed by atoms with E-state index in [1.165, 1.54) is 0 Å². The predicted molar refractivity (Wildman–Crippen MR) is 107 cm³/mol. The van der Waals surface area contributed by atoms with Gasteiger partial charge in [-0.05, 0) is 23.9 Å². The van der Waals surface area contributed by atoms with Crippen LogP contribution in [-0.4, -0.2) is 23.3 Å². The number of rotatable bonds is 4. The maximum Gasteiger partial charge on any atom is 0.229 e. The van der Waals surface area contributed by atoms with Gasteiger partial charge >= 0.3 is 0 Å². The molecule has 3 aromatic carbocycles. The first kappa shape index (κ1) is 17.3. The van der Waals surface area contributed by atoms with Gasteiger partial charge in [-0.15, -0.1) is 0 Å². The van der Waals surface area contributed by atoms with Gasteiger partial charge in [0.05, 0.1) is 12.0 Å². The Balaban J connectivity index is 1.49. The minimum atomic E-state index is -0.331. The first-order valence-electron chi connectivity index (χ1n) is 9.26. The number of nitrogens with one attached hydrogen (secondary N) is 1. The van der Waals surface area contributed by atoms with Crippen molar-refractivity contribution in [3.63, 3.8) is 0 Å². The maximum absolute atomic E-state index is 12.8. The van der Waals surface area contributed by atoms with E-state index < -0.39 is 0 Å². The number of hydrogen-bond acceptors (Lipinski definition) is 2. The van der Waals surface area contributed by atoms with Crippen LogP contribution in [-0.2, 0) is 9.59 Å². The number of anilines is 1. The van der Waals surface area contributed by atoms with Gasteiger partial charge in [0.15, 0.2) is 0 Å². The van der Waals surface area contributed by atoms with Crippen molar-refractivity contribution in [3.8, 4) is 0 Å². The smallest absolute Gasteiger partial charge is 0.229 e. The molecule has 0 aromatic heterocycles. The van der Waals surface area contributed by atoms with Crippen LogP contribution in [0.3, 0.4) is 0 Å². The van der Waals surface area contributed by atoms with E-state index >= 15 is 0 Å². The van der Waals surface area contributed by atoms with Crippen molar-refractivity contribution >= 4 is 28.3 Å². The lowest BCUT2D eigenvalue weighted by Gasteiger charge is -2.25. The molecule has 4 nitrogen and oxygen atoms in total. The number of hydrogen-bond donors (Lipinski definition) is 1. The van der Waals surface area contributed by atoms with E-state index in [9.17, 15) is 9.59 Å². The fraction of sp³-hybridized carbons (Fsp3) is 0.217. The molecule has 0 radical (unpaired) electrons. The number of benzene rings is 3. The second-order valence-electron chi connectivity index (χ2n) is 7.05. The number of nitrogens with zero attached hydrogens (tertiary/aromatic N) is 1. The highest BCUT2D eigenvalue weighted by molar-refractivity contribution is 6.04. The van der Waals surface area contributed by atoms with E-state index in [0.717, 1.165) is 22.0 Å². The van der Waals surface area contributed by atoms with Crippen LogP contribution in [0, 0.1) is 5.92 Å². The zero-order chi connectivity index (χ0) is 18.8. The standard InChI is InChI=1S/C23H22N2O2/c1-16(17-8-3-2-4-9-17)25-15-19(14-22(25)26)23(27)24-21-13-7-11-18-10-5-6-12-20(18)21/h2-13,16,19H,14-15H2,1H3,(H,24,27)/t16-,19+/m1/s1. The van der Waals surface area contributed by atoms with Gasteiger partial charge in [-0.25, -0.2) is 0 Å². The van der Waals surface area contributed by atoms with Crippen LogP contribution < -0.4 is 5.32 Å². The first-order valence-corrected chi connectivity index (χ1v) is 9.26. The fourth-order valence-corrected chi connectivity index (χ4v) is 3.76. The lowest BCUT2D eigenvalue weighted by Crippen LogP contribution is -2.30. The molecule has 0 spiro atoms. The Bertz CT molecular complexity index is 979. The molecule has 1 aliphatic rings. The second kappa shape index (κ2) is 7.23. The molecule has 2 amide bonds. The van der Waals surface area contributed by atoms with E-state index in [-0.39, 0.29) is 30.2 Å². The normalized spacial score (nSPS) is 17.9. The summed E-state index contributed by atoms with van der Waals surface area (Å²) in [5, 5.41) is 5.12. The number of carbonyl (C=O) groups is 2. The predicted octanol–water partition coefficient (Wildman–Crippen LogP) is 4.39. The van der Waals surface area contributed by atoms with Crippen LogP contribution in [0.5, 0.6) is 0 Å². The van der Waals surface area contributed by atoms with Crippen molar-refractivity contribution < 1.29 is 9.59 Å². The third-order valence-electron chi connectivity index (χ3n) is 5.33. The Morgan fingerprint density at radius 2 is 1.70 bits per heavy atom. The third-order valence-corrected chi connectivity index (χ3v) is 5.33. The summed E-state index contributed by atoms with van der Waals surface area (Å²) in [6, 6.07) is 23.7. The Labute approximate surface area is 158 Å². The van der Waals surface area contributed by atoms with Crippen molar-refractivity contribution in [3.05, 3.63) is 78.4 Å². The summed E-state index contributed by atoms with van der Waals surface area (Å²) >= 11 is 0. The molecule has 1 aliphatic heterocycles. The van der Waals surface area contributed by atoms with Gasteiger partial charge in [0, 0.05) is 24.0 Å². The molecule has 136 valence electrons. The molecule has 1 heterocycles. The van der Waals surface area contributed by atoms with Gasteiger partial charge in [0.25, 0.3) is 0 Å². The van der Waals surface area contributed by atoms with Crippen molar-refractivity contribution in [1.82, 2.24) is 4.90 Å². The SMILES string of the molecule is C[C@H](c1ccccc1)N1C[C@@H](C(=O)Nc2cccc3ccccc23)CC1=O. The average Bonchev–Trinajstić information content (AvgIpc) is 3.10. The lowest BCUT2D eigenvalue weighted by atomic mass is 10.1. The van der Waals surface area contributed by atoms with E-state index in [1.54, 1.807) is 0 Å². The Morgan fingerprint density at radius 1 is 1.00 bits per heavy atom. The molecule has 0 unspecified atom stereocenters. The zero-order valence-electron chi connectivity index (χ0n) is 15.3. The average molecular weight is 358 g/mol. The van der Waals surface area contributed by atoms with Gasteiger partial charge < -0.3 is 10.2 Å². The summed E-state index contributed by atoms with van der Waals surface area (Å²) in [6.45, 7) is 2.46. The maximum atomic E-state index is 12.8. The minimum Gasteiger partial charge on any atom is -0.335 e. The highest BCUT2D eigenvalue weighted by atomic mass is 16.2. The Hall–Kier alpha value is -3.14. The summed E-state index contributed by atoms with van der Waals surface area (Å²) in [5.41, 5.74) is 1.88. The van der Waals surface area contributed by atoms with Crippen molar-refractivity contribution in [1.29, 1.82) is 0 Å². The van der Waals surface area contributed by atoms with E-state index in [4.69, 9.17) is 0 Å². The van der Waals surface area contributed by atoms with Gasteiger partial charge in [-0.1, -0.05) is 66.7 Å². The molecule has 1 N–H and O–H groups in total. The molecule has 27 heavy (non-hydrogen) atoms. The van der Waals surface area contributed by atoms with E-state index in [2.05, 4.69) is 5.32 Å². The summed E-state index contributed by atoms with van der Waals surface area (Å²) in [5.74, 6) is -0.394. The van der Waals surface area contributed by atoms with Crippen molar-refractivity contribution in [2.45, 2.75) is 19.4 Å². The molecular weight excluding hydrogens is 336 g/mol. The quantitative estimate of drug-likeness (QED) is 0.752. The Morgan fingerprint density at radius 3 is 2.52 bits per heavy atom. The van der Waals surface area contributed by atoms with Gasteiger partial charge in [0.2, 0.25) is 11.8 Å². The molecule has 0 bridgehead atoms. The number of amides is 2. The number of likely N-dealkylation sites (tertiary alicyclic amines) is 1. The number of fused-ring (bicyclic) bond motifs is 1. The van der Waals surface area contributed by atoms with Crippen LogP contribution in [0.1, 0.15) is 24.9 Å². The summed E-state index contributed by atoms with van der Waals surface area (Å²) < 4.78 is 0. The minimum absolute atomic E-state index is 0.0319. The first-order chi connectivity index (χ1) is 13.1. The highest BCUT2D eigenvalue weighted by Crippen LogP contribution is 2.30. The van der Waals surface area contributed by atoms with Gasteiger partial charge in [-0.2, -0.15) is 0 Å². The van der Waals surface area contributed by atoms with Gasteiger partial charge in [-0.3, -0.25) is 9.59 Å². The molecule has 4 rings (SSSR count). The van der Waals surface area contributed by atoms with Crippen molar-refractivity contribution in [2.75, 3.05) is 11.9 Å². The molecule has 0 aliphatic carbocycles. The molecule has 1 saturated heterocycles. The summed E-state index contributed by atoms with van der Waals surface area (Å²) in [7, 11) is 0. The summed E-state index contributed by atoms with van der Waals surface area (Å²) in [6.07, 6.45) is 0.258. The molecule has 4 heteroatoms. The monoisotopic (exact) mass is 358 g/mol. The zero-order valence-corrected chi connectivity index (χ0v) is 15.3.